The highest BCUT2D eigenvalue weighted by atomic mass is 16.7. The van der Waals surface area contributed by atoms with Gasteiger partial charge < -0.3 is 34.3 Å². The highest BCUT2D eigenvalue weighted by molar-refractivity contribution is 5.84. The van der Waals surface area contributed by atoms with Gasteiger partial charge in [0, 0.05) is 24.9 Å². The maximum atomic E-state index is 12.9. The third-order valence-electron chi connectivity index (χ3n) is 8.65. The average Bonchev–Trinajstić information content (AvgIpc) is 3.28. The second kappa shape index (κ2) is 5.31. The second-order valence-corrected chi connectivity index (χ2v) is 9.92. The number of carbonyl (C=O) groups is 2. The molecule has 5 rings (SSSR count). The lowest BCUT2D eigenvalue weighted by Crippen LogP contribution is -2.71. The van der Waals surface area contributed by atoms with Crippen molar-refractivity contribution >= 4 is 11.9 Å². The zero-order valence-corrected chi connectivity index (χ0v) is 17.1. The number of aliphatic hydroxyl groups is 3. The van der Waals surface area contributed by atoms with E-state index in [9.17, 15) is 24.9 Å². The summed E-state index contributed by atoms with van der Waals surface area (Å²) in [5.41, 5.74) is -5.79. The van der Waals surface area contributed by atoms with Gasteiger partial charge in [-0.05, 0) is 12.8 Å². The fraction of sp³-hybridized carbons (Fsp3) is 0.900. The van der Waals surface area contributed by atoms with Gasteiger partial charge in [-0.3, -0.25) is 4.79 Å². The Balaban J connectivity index is 1.69. The maximum Gasteiger partial charge on any atom is 0.341 e. The Hall–Kier alpha value is -1.26. The highest BCUT2D eigenvalue weighted by Gasteiger charge is 2.90. The quantitative estimate of drug-likeness (QED) is 0.400. The Bertz CT molecular complexity index is 797. The molecule has 1 spiro atoms. The molecule has 5 aliphatic rings. The van der Waals surface area contributed by atoms with Crippen molar-refractivity contribution in [3.05, 3.63) is 0 Å². The summed E-state index contributed by atoms with van der Waals surface area (Å²) in [6.45, 7) is 6.84. The maximum absolute atomic E-state index is 12.9. The zero-order chi connectivity index (χ0) is 21.3. The first-order valence-electron chi connectivity index (χ1n) is 10.2. The number of hydrogen-bond acceptors (Lipinski definition) is 9. The van der Waals surface area contributed by atoms with Crippen LogP contribution in [-0.2, 0) is 28.5 Å². The Morgan fingerprint density at radius 1 is 1.17 bits per heavy atom. The van der Waals surface area contributed by atoms with E-state index in [2.05, 4.69) is 0 Å². The van der Waals surface area contributed by atoms with Gasteiger partial charge in [0.1, 0.15) is 17.8 Å². The van der Waals surface area contributed by atoms with Crippen LogP contribution in [0.25, 0.3) is 0 Å². The van der Waals surface area contributed by atoms with Crippen molar-refractivity contribution in [2.45, 2.75) is 81.4 Å². The molecule has 162 valence electrons. The van der Waals surface area contributed by atoms with Crippen molar-refractivity contribution < 1.29 is 43.9 Å². The van der Waals surface area contributed by atoms with Crippen LogP contribution in [0.2, 0.25) is 0 Å². The lowest BCUT2D eigenvalue weighted by atomic mass is 9.50. The number of methoxy groups -OCH3 is 1. The lowest BCUT2D eigenvalue weighted by Gasteiger charge is -2.57. The standard InChI is InChI=1S/C20H28O9/c1-7(2)20(25)10-9-11-12(27-11)19(6-18(24,8(3)21)16(23)29-19)17(9,4)13(26-5)14(20)28-15(10)22/h7-14,21,24-25H,6H2,1-5H3/t8-,9+,10-,11+,12+,13+,14-,17-,18+,19+,20+/m0/s1. The predicted molar refractivity (Wildman–Crippen MR) is 94.3 cm³/mol. The Morgan fingerprint density at radius 3 is 2.34 bits per heavy atom. The molecule has 0 amide bonds. The third kappa shape index (κ3) is 1.82. The van der Waals surface area contributed by atoms with Crippen LogP contribution < -0.4 is 0 Å². The van der Waals surface area contributed by atoms with Crippen molar-refractivity contribution in [2.75, 3.05) is 7.11 Å². The molecule has 2 saturated carbocycles. The van der Waals surface area contributed by atoms with Crippen molar-refractivity contribution in [1.82, 2.24) is 0 Å². The van der Waals surface area contributed by atoms with E-state index in [1.54, 1.807) is 0 Å². The van der Waals surface area contributed by atoms with Crippen LogP contribution in [0.5, 0.6) is 0 Å². The van der Waals surface area contributed by atoms with Crippen LogP contribution in [-0.4, -0.2) is 81.7 Å². The van der Waals surface area contributed by atoms with Crippen LogP contribution in [0.15, 0.2) is 0 Å². The number of aliphatic hydroxyl groups excluding tert-OH is 1. The fourth-order valence-electron chi connectivity index (χ4n) is 6.98. The smallest absolute Gasteiger partial charge is 0.341 e. The van der Waals surface area contributed by atoms with Gasteiger partial charge in [0.2, 0.25) is 0 Å². The number of fused-ring (bicyclic) bond motifs is 8. The molecule has 9 nitrogen and oxygen atoms in total. The Morgan fingerprint density at radius 2 is 1.83 bits per heavy atom. The molecular weight excluding hydrogens is 384 g/mol. The molecular formula is C20H28O9. The van der Waals surface area contributed by atoms with E-state index in [1.807, 2.05) is 20.8 Å². The zero-order valence-electron chi connectivity index (χ0n) is 17.1. The minimum atomic E-state index is -2.08. The lowest BCUT2D eigenvalue weighted by molar-refractivity contribution is -0.264. The highest BCUT2D eigenvalue weighted by Crippen LogP contribution is 2.74. The molecule has 29 heavy (non-hydrogen) atoms. The monoisotopic (exact) mass is 412 g/mol. The summed E-state index contributed by atoms with van der Waals surface area (Å²) in [6, 6.07) is 0. The Labute approximate surface area is 168 Å². The summed E-state index contributed by atoms with van der Waals surface area (Å²) in [4.78, 5) is 25.6. The van der Waals surface area contributed by atoms with E-state index in [0.29, 0.717) is 0 Å². The molecule has 3 N–H and O–H groups in total. The van der Waals surface area contributed by atoms with Gasteiger partial charge in [-0.2, -0.15) is 0 Å². The average molecular weight is 412 g/mol. The molecule has 0 aromatic heterocycles. The molecule has 0 radical (unpaired) electrons. The number of epoxide rings is 1. The van der Waals surface area contributed by atoms with Crippen molar-refractivity contribution in [1.29, 1.82) is 0 Å². The summed E-state index contributed by atoms with van der Waals surface area (Å²) >= 11 is 0. The summed E-state index contributed by atoms with van der Waals surface area (Å²) in [7, 11) is 1.47. The van der Waals surface area contributed by atoms with Crippen LogP contribution in [0.4, 0.5) is 0 Å². The number of carbonyl (C=O) groups excluding carboxylic acids is 2. The van der Waals surface area contributed by atoms with Crippen LogP contribution in [0.1, 0.15) is 34.1 Å². The van der Waals surface area contributed by atoms with Gasteiger partial charge in [0.25, 0.3) is 0 Å². The fourth-order valence-corrected chi connectivity index (χ4v) is 6.98. The van der Waals surface area contributed by atoms with Crippen LogP contribution >= 0.6 is 0 Å². The van der Waals surface area contributed by atoms with E-state index in [4.69, 9.17) is 18.9 Å². The minimum Gasteiger partial charge on any atom is -0.456 e. The largest absolute Gasteiger partial charge is 0.456 e. The SMILES string of the molecule is CO[C@@H]1[C@@H]2OC(=O)[C@H]([C@@H]3[C@H]4O[C@H]4[C@]4(C[C@@](O)([C@H](C)O)C(=O)O4)[C@@]31C)[C@]2(O)C(C)C. The predicted octanol–water partition coefficient (Wildman–Crippen LogP) is -0.855. The van der Waals surface area contributed by atoms with Crippen molar-refractivity contribution in [2.24, 2.45) is 23.2 Å². The first-order chi connectivity index (χ1) is 13.4. The molecule has 2 bridgehead atoms. The van der Waals surface area contributed by atoms with Crippen LogP contribution in [0, 0.1) is 23.2 Å². The van der Waals surface area contributed by atoms with E-state index < -0.39 is 76.5 Å². The van der Waals surface area contributed by atoms with Crippen molar-refractivity contribution in [3.8, 4) is 0 Å². The number of ether oxygens (including phenoxy) is 4. The number of rotatable bonds is 3. The van der Waals surface area contributed by atoms with E-state index >= 15 is 0 Å². The van der Waals surface area contributed by atoms with Gasteiger partial charge >= 0.3 is 11.9 Å². The summed E-state index contributed by atoms with van der Waals surface area (Å²) in [5, 5.41) is 32.6. The minimum absolute atomic E-state index is 0.182. The molecule has 0 unspecified atom stereocenters. The third-order valence-corrected chi connectivity index (χ3v) is 8.65. The van der Waals surface area contributed by atoms with E-state index in [0.717, 1.165) is 0 Å². The summed E-state index contributed by atoms with van der Waals surface area (Å²) < 4.78 is 23.2. The molecule has 5 fully saturated rings. The summed E-state index contributed by atoms with van der Waals surface area (Å²) in [6.07, 6.45) is -4.25. The number of esters is 2. The normalized spacial score (nSPS) is 58.2. The van der Waals surface area contributed by atoms with Gasteiger partial charge in [-0.15, -0.1) is 0 Å². The molecule has 11 atom stereocenters. The molecule has 3 heterocycles. The number of hydrogen-bond donors (Lipinski definition) is 3. The molecule has 3 saturated heterocycles. The first-order valence-corrected chi connectivity index (χ1v) is 10.2. The molecule has 0 aromatic rings. The topological polar surface area (TPSA) is 135 Å². The second-order valence-electron chi connectivity index (χ2n) is 9.92. The van der Waals surface area contributed by atoms with Gasteiger partial charge in [0.05, 0.1) is 18.1 Å². The van der Waals surface area contributed by atoms with E-state index in [-0.39, 0.29) is 12.3 Å². The van der Waals surface area contributed by atoms with Gasteiger partial charge in [-0.1, -0.05) is 20.8 Å². The molecule has 9 heteroatoms. The molecule has 3 aliphatic heterocycles. The van der Waals surface area contributed by atoms with Crippen LogP contribution in [0.3, 0.4) is 0 Å². The molecule has 0 aromatic carbocycles. The first kappa shape index (κ1) is 19.7. The van der Waals surface area contributed by atoms with Crippen molar-refractivity contribution in [3.63, 3.8) is 0 Å². The van der Waals surface area contributed by atoms with E-state index in [1.165, 1.54) is 14.0 Å². The summed E-state index contributed by atoms with van der Waals surface area (Å²) in [5.74, 6) is -3.11. The van der Waals surface area contributed by atoms with Gasteiger partial charge in [0.15, 0.2) is 17.3 Å². The Kier molecular flexibility index (Phi) is 3.61. The molecule has 2 aliphatic carbocycles. The van der Waals surface area contributed by atoms with Gasteiger partial charge in [-0.25, -0.2) is 4.79 Å².